The summed E-state index contributed by atoms with van der Waals surface area (Å²) in [6, 6.07) is 10.7. The van der Waals surface area contributed by atoms with Crippen molar-refractivity contribution < 1.29 is 24.6 Å². The van der Waals surface area contributed by atoms with Gasteiger partial charge in [-0.1, -0.05) is 51.1 Å². The van der Waals surface area contributed by atoms with Gasteiger partial charge in [0.15, 0.2) is 5.78 Å². The largest absolute Gasteiger partial charge is 0.478 e. The van der Waals surface area contributed by atoms with Gasteiger partial charge in [-0.05, 0) is 23.1 Å². The van der Waals surface area contributed by atoms with E-state index in [1.807, 2.05) is 32.9 Å². The first-order valence-electron chi connectivity index (χ1n) is 7.37. The molecule has 2 N–H and O–H groups in total. The Labute approximate surface area is 139 Å². The van der Waals surface area contributed by atoms with Crippen LogP contribution in [0.5, 0.6) is 0 Å². The van der Waals surface area contributed by atoms with Gasteiger partial charge in [0.2, 0.25) is 0 Å². The maximum Gasteiger partial charge on any atom is 0.336 e. The van der Waals surface area contributed by atoms with Gasteiger partial charge in [0, 0.05) is 11.1 Å². The number of ketones is 1. The number of benzene rings is 2. The summed E-state index contributed by atoms with van der Waals surface area (Å²) in [7, 11) is 0. The molecule has 2 rings (SSSR count). The third kappa shape index (κ3) is 3.35. The molecule has 0 aliphatic rings. The summed E-state index contributed by atoms with van der Waals surface area (Å²) in [6.07, 6.45) is 0. The summed E-state index contributed by atoms with van der Waals surface area (Å²) >= 11 is 0. The summed E-state index contributed by atoms with van der Waals surface area (Å²) in [6.45, 7) is 5.94. The average molecular weight is 326 g/mol. The van der Waals surface area contributed by atoms with Gasteiger partial charge in [0.05, 0.1) is 11.1 Å². The van der Waals surface area contributed by atoms with Crippen molar-refractivity contribution in [3.8, 4) is 0 Å². The predicted molar refractivity (Wildman–Crippen MR) is 88.9 cm³/mol. The normalized spacial score (nSPS) is 11.1. The van der Waals surface area contributed by atoms with E-state index in [0.717, 1.165) is 17.7 Å². The molecule has 5 heteroatoms. The molecular weight excluding hydrogens is 308 g/mol. The Kier molecular flexibility index (Phi) is 4.55. The third-order valence-corrected chi connectivity index (χ3v) is 3.72. The van der Waals surface area contributed by atoms with E-state index in [-0.39, 0.29) is 22.3 Å². The fourth-order valence-electron chi connectivity index (χ4n) is 2.54. The van der Waals surface area contributed by atoms with Crippen molar-refractivity contribution in [1.82, 2.24) is 0 Å². The summed E-state index contributed by atoms with van der Waals surface area (Å²) in [4.78, 5) is 35.2. The van der Waals surface area contributed by atoms with Gasteiger partial charge in [0.25, 0.3) is 0 Å². The van der Waals surface area contributed by atoms with Crippen LogP contribution >= 0.6 is 0 Å². The third-order valence-electron chi connectivity index (χ3n) is 3.72. The van der Waals surface area contributed by atoms with Crippen molar-refractivity contribution in [3.63, 3.8) is 0 Å². The monoisotopic (exact) mass is 326 g/mol. The SMILES string of the molecule is CC(C)(C)c1ccccc1C(=O)c1ccc(C(=O)O)c(C(=O)O)c1. The first kappa shape index (κ1) is 17.4. The van der Waals surface area contributed by atoms with Gasteiger partial charge >= 0.3 is 11.9 Å². The van der Waals surface area contributed by atoms with Gasteiger partial charge in [-0.3, -0.25) is 4.79 Å². The number of hydrogen-bond donors (Lipinski definition) is 2. The molecule has 0 spiro atoms. The lowest BCUT2D eigenvalue weighted by Gasteiger charge is -2.22. The van der Waals surface area contributed by atoms with Gasteiger partial charge in [-0.15, -0.1) is 0 Å². The molecule has 0 atom stereocenters. The molecule has 0 heterocycles. The molecule has 0 amide bonds. The van der Waals surface area contributed by atoms with E-state index in [2.05, 4.69) is 0 Å². The van der Waals surface area contributed by atoms with Crippen LogP contribution in [0.15, 0.2) is 42.5 Å². The van der Waals surface area contributed by atoms with Crippen LogP contribution in [0, 0.1) is 0 Å². The maximum atomic E-state index is 12.8. The van der Waals surface area contributed by atoms with E-state index < -0.39 is 17.5 Å². The number of aromatic carboxylic acids is 2. The zero-order valence-corrected chi connectivity index (χ0v) is 13.7. The van der Waals surface area contributed by atoms with E-state index in [1.54, 1.807) is 12.1 Å². The minimum Gasteiger partial charge on any atom is -0.478 e. The molecule has 5 nitrogen and oxygen atoms in total. The van der Waals surface area contributed by atoms with Gasteiger partial charge in [-0.25, -0.2) is 9.59 Å². The van der Waals surface area contributed by atoms with E-state index in [9.17, 15) is 19.5 Å². The van der Waals surface area contributed by atoms with Crippen molar-refractivity contribution in [2.75, 3.05) is 0 Å². The minimum atomic E-state index is -1.38. The molecule has 0 saturated carbocycles. The Morgan fingerprint density at radius 3 is 1.92 bits per heavy atom. The van der Waals surface area contributed by atoms with Crippen molar-refractivity contribution in [2.45, 2.75) is 26.2 Å². The van der Waals surface area contributed by atoms with Crippen LogP contribution in [0.3, 0.4) is 0 Å². The second-order valence-electron chi connectivity index (χ2n) is 6.50. The number of carboxylic acids is 2. The van der Waals surface area contributed by atoms with Crippen molar-refractivity contribution in [1.29, 1.82) is 0 Å². The van der Waals surface area contributed by atoms with Crippen molar-refractivity contribution in [3.05, 3.63) is 70.3 Å². The van der Waals surface area contributed by atoms with Gasteiger partial charge < -0.3 is 10.2 Å². The minimum absolute atomic E-state index is 0.147. The molecule has 0 radical (unpaired) electrons. The lowest BCUT2D eigenvalue weighted by molar-refractivity contribution is 0.0651. The van der Waals surface area contributed by atoms with Crippen LogP contribution in [0.2, 0.25) is 0 Å². The van der Waals surface area contributed by atoms with Crippen molar-refractivity contribution >= 4 is 17.7 Å². The molecule has 2 aromatic carbocycles. The Bertz CT molecular complexity index is 828. The smallest absolute Gasteiger partial charge is 0.336 e. The maximum absolute atomic E-state index is 12.8. The molecule has 0 saturated heterocycles. The fraction of sp³-hybridized carbons (Fsp3) is 0.211. The Morgan fingerprint density at radius 1 is 0.792 bits per heavy atom. The second-order valence-corrected chi connectivity index (χ2v) is 6.50. The zero-order chi connectivity index (χ0) is 18.1. The van der Waals surface area contributed by atoms with Gasteiger partial charge in [0.1, 0.15) is 0 Å². The number of carbonyl (C=O) groups excluding carboxylic acids is 1. The molecule has 0 fully saturated rings. The molecule has 2 aromatic rings. The van der Waals surface area contributed by atoms with E-state index in [4.69, 9.17) is 5.11 Å². The molecule has 0 unspecified atom stereocenters. The van der Waals surface area contributed by atoms with E-state index in [1.165, 1.54) is 6.07 Å². The molecule has 0 bridgehead atoms. The fourth-order valence-corrected chi connectivity index (χ4v) is 2.54. The highest BCUT2D eigenvalue weighted by Crippen LogP contribution is 2.28. The topological polar surface area (TPSA) is 91.7 Å². The molecule has 0 aliphatic heterocycles. The number of hydrogen-bond acceptors (Lipinski definition) is 3. The van der Waals surface area contributed by atoms with Crippen LogP contribution in [0.1, 0.15) is 63.0 Å². The standard InChI is InChI=1S/C19H18O5/c1-19(2,3)15-7-5-4-6-13(15)16(20)11-8-9-12(17(21)22)14(10-11)18(23)24/h4-10H,1-3H3,(H,21,22)(H,23,24). The molecule has 124 valence electrons. The van der Waals surface area contributed by atoms with E-state index in [0.29, 0.717) is 5.56 Å². The van der Waals surface area contributed by atoms with Crippen LogP contribution < -0.4 is 0 Å². The number of carbonyl (C=O) groups is 3. The van der Waals surface area contributed by atoms with Crippen LogP contribution in [0.4, 0.5) is 0 Å². The molecule has 24 heavy (non-hydrogen) atoms. The predicted octanol–water partition coefficient (Wildman–Crippen LogP) is 3.61. The lowest BCUT2D eigenvalue weighted by atomic mass is 9.81. The highest BCUT2D eigenvalue weighted by Gasteiger charge is 2.24. The summed E-state index contributed by atoms with van der Waals surface area (Å²) < 4.78 is 0. The first-order valence-corrected chi connectivity index (χ1v) is 7.37. The Morgan fingerprint density at radius 2 is 1.38 bits per heavy atom. The molecular formula is C19H18O5. The Hall–Kier alpha value is -2.95. The highest BCUT2D eigenvalue weighted by atomic mass is 16.4. The number of carboxylic acid groups (broad SMARTS) is 2. The average Bonchev–Trinajstić information content (AvgIpc) is 2.52. The summed E-state index contributed by atoms with van der Waals surface area (Å²) in [5.41, 5.74) is 0.459. The number of rotatable bonds is 4. The Balaban J connectivity index is 2.58. The zero-order valence-electron chi connectivity index (χ0n) is 13.7. The molecule has 0 aliphatic carbocycles. The first-order chi connectivity index (χ1) is 11.1. The van der Waals surface area contributed by atoms with Gasteiger partial charge in [-0.2, -0.15) is 0 Å². The second kappa shape index (κ2) is 6.28. The quantitative estimate of drug-likeness (QED) is 0.837. The summed E-state index contributed by atoms with van der Waals surface area (Å²) in [5.74, 6) is -3.06. The van der Waals surface area contributed by atoms with Crippen molar-refractivity contribution in [2.24, 2.45) is 0 Å². The van der Waals surface area contributed by atoms with E-state index >= 15 is 0 Å². The van der Waals surface area contributed by atoms with Crippen LogP contribution in [0.25, 0.3) is 0 Å². The summed E-state index contributed by atoms with van der Waals surface area (Å²) in [5, 5.41) is 18.3. The lowest BCUT2D eigenvalue weighted by Crippen LogP contribution is -2.18. The highest BCUT2D eigenvalue weighted by molar-refractivity contribution is 6.12. The van der Waals surface area contributed by atoms with Crippen LogP contribution in [-0.2, 0) is 5.41 Å². The van der Waals surface area contributed by atoms with Crippen LogP contribution in [-0.4, -0.2) is 27.9 Å². The molecule has 0 aromatic heterocycles.